The molecular formula is C18H32O7. The van der Waals surface area contributed by atoms with Crippen molar-refractivity contribution in [2.24, 2.45) is 10.8 Å². The SMILES string of the molecule is COC(=O)C(C)(C)COCCOC(=O)C(C)(C)COC1CCCCO1. The van der Waals surface area contributed by atoms with Crippen molar-refractivity contribution in [2.45, 2.75) is 53.2 Å². The van der Waals surface area contributed by atoms with Crippen molar-refractivity contribution in [3.8, 4) is 0 Å². The van der Waals surface area contributed by atoms with Gasteiger partial charge in [0.15, 0.2) is 6.29 Å². The van der Waals surface area contributed by atoms with Crippen molar-refractivity contribution in [2.75, 3.05) is 40.1 Å². The maximum atomic E-state index is 12.2. The summed E-state index contributed by atoms with van der Waals surface area (Å²) >= 11 is 0. The lowest BCUT2D eigenvalue weighted by atomic mass is 9.95. The van der Waals surface area contributed by atoms with Crippen LogP contribution < -0.4 is 0 Å². The van der Waals surface area contributed by atoms with E-state index in [4.69, 9.17) is 23.7 Å². The van der Waals surface area contributed by atoms with Gasteiger partial charge in [0.1, 0.15) is 6.61 Å². The van der Waals surface area contributed by atoms with Crippen LogP contribution in [0.25, 0.3) is 0 Å². The smallest absolute Gasteiger partial charge is 0.313 e. The monoisotopic (exact) mass is 360 g/mol. The largest absolute Gasteiger partial charge is 0.469 e. The molecular weight excluding hydrogens is 328 g/mol. The Morgan fingerprint density at radius 2 is 1.68 bits per heavy atom. The summed E-state index contributed by atoms with van der Waals surface area (Å²) in [5, 5.41) is 0. The summed E-state index contributed by atoms with van der Waals surface area (Å²) in [6, 6.07) is 0. The molecule has 0 N–H and O–H groups in total. The van der Waals surface area contributed by atoms with Gasteiger partial charge in [-0.05, 0) is 47.0 Å². The van der Waals surface area contributed by atoms with Crippen molar-refractivity contribution in [1.82, 2.24) is 0 Å². The topological polar surface area (TPSA) is 80.3 Å². The van der Waals surface area contributed by atoms with Crippen LogP contribution in [0.1, 0.15) is 47.0 Å². The molecule has 1 atom stereocenters. The maximum Gasteiger partial charge on any atom is 0.313 e. The van der Waals surface area contributed by atoms with E-state index in [-0.39, 0.29) is 44.7 Å². The Kier molecular flexibility index (Phi) is 8.82. The van der Waals surface area contributed by atoms with Crippen molar-refractivity contribution in [1.29, 1.82) is 0 Å². The Morgan fingerprint density at radius 1 is 1.00 bits per heavy atom. The van der Waals surface area contributed by atoms with Gasteiger partial charge < -0.3 is 23.7 Å². The third kappa shape index (κ3) is 7.71. The van der Waals surface area contributed by atoms with E-state index >= 15 is 0 Å². The molecule has 0 amide bonds. The van der Waals surface area contributed by atoms with Gasteiger partial charge in [-0.15, -0.1) is 0 Å². The van der Waals surface area contributed by atoms with E-state index in [1.54, 1.807) is 27.7 Å². The molecule has 25 heavy (non-hydrogen) atoms. The fourth-order valence-corrected chi connectivity index (χ4v) is 2.25. The van der Waals surface area contributed by atoms with Crippen molar-refractivity contribution < 1.29 is 33.3 Å². The molecule has 7 nitrogen and oxygen atoms in total. The second-order valence-electron chi connectivity index (χ2n) is 7.55. The highest BCUT2D eigenvalue weighted by Crippen LogP contribution is 2.22. The Hall–Kier alpha value is -1.18. The first-order chi connectivity index (χ1) is 11.7. The Morgan fingerprint density at radius 3 is 2.28 bits per heavy atom. The fourth-order valence-electron chi connectivity index (χ4n) is 2.25. The van der Waals surface area contributed by atoms with E-state index in [0.29, 0.717) is 6.61 Å². The third-order valence-corrected chi connectivity index (χ3v) is 3.98. The molecule has 0 aliphatic carbocycles. The number of hydrogen-bond acceptors (Lipinski definition) is 7. The van der Waals surface area contributed by atoms with Gasteiger partial charge in [0.2, 0.25) is 0 Å². The van der Waals surface area contributed by atoms with Crippen LogP contribution in [0.5, 0.6) is 0 Å². The zero-order chi connectivity index (χ0) is 18.9. The standard InChI is InChI=1S/C18H32O7/c1-17(2,15(19)21-5)12-22-10-11-24-16(20)18(3,4)13-25-14-8-6-7-9-23-14/h14H,6-13H2,1-5H3. The Labute approximate surface area is 150 Å². The minimum atomic E-state index is -0.758. The summed E-state index contributed by atoms with van der Waals surface area (Å²) in [6.45, 7) is 8.51. The van der Waals surface area contributed by atoms with Crippen LogP contribution in [0.4, 0.5) is 0 Å². The van der Waals surface area contributed by atoms with Gasteiger partial charge in [-0.2, -0.15) is 0 Å². The highest BCUT2D eigenvalue weighted by Gasteiger charge is 2.32. The lowest BCUT2D eigenvalue weighted by molar-refractivity contribution is -0.188. The summed E-state index contributed by atoms with van der Waals surface area (Å²) in [5.74, 6) is -0.688. The number of hydrogen-bond donors (Lipinski definition) is 0. The highest BCUT2D eigenvalue weighted by atomic mass is 16.7. The van der Waals surface area contributed by atoms with E-state index in [0.717, 1.165) is 19.3 Å². The second-order valence-corrected chi connectivity index (χ2v) is 7.55. The molecule has 0 spiro atoms. The summed E-state index contributed by atoms with van der Waals surface area (Å²) in [6.07, 6.45) is 2.76. The van der Waals surface area contributed by atoms with Gasteiger partial charge in [-0.25, -0.2) is 0 Å². The average Bonchev–Trinajstić information content (AvgIpc) is 2.59. The molecule has 146 valence electrons. The van der Waals surface area contributed by atoms with Crippen LogP contribution >= 0.6 is 0 Å². The van der Waals surface area contributed by atoms with Crippen LogP contribution in [0.15, 0.2) is 0 Å². The molecule has 1 heterocycles. The molecule has 0 radical (unpaired) electrons. The number of carbonyl (C=O) groups excluding carboxylic acids is 2. The molecule has 1 fully saturated rings. The first-order valence-corrected chi connectivity index (χ1v) is 8.75. The molecule has 1 aliphatic heterocycles. The summed E-state index contributed by atoms with van der Waals surface area (Å²) in [5.41, 5.74) is -1.49. The zero-order valence-electron chi connectivity index (χ0n) is 16.1. The molecule has 0 aromatic heterocycles. The Bertz CT molecular complexity index is 425. The van der Waals surface area contributed by atoms with E-state index in [1.807, 2.05) is 0 Å². The minimum absolute atomic E-state index is 0.124. The van der Waals surface area contributed by atoms with Crippen LogP contribution in [-0.2, 0) is 33.3 Å². The summed E-state index contributed by atoms with van der Waals surface area (Å²) < 4.78 is 26.5. The van der Waals surface area contributed by atoms with E-state index in [9.17, 15) is 9.59 Å². The van der Waals surface area contributed by atoms with Crippen molar-refractivity contribution in [3.05, 3.63) is 0 Å². The molecule has 0 bridgehead atoms. The van der Waals surface area contributed by atoms with Gasteiger partial charge in [0.25, 0.3) is 0 Å². The zero-order valence-corrected chi connectivity index (χ0v) is 16.1. The van der Waals surface area contributed by atoms with E-state index < -0.39 is 10.8 Å². The maximum absolute atomic E-state index is 12.2. The summed E-state index contributed by atoms with van der Waals surface area (Å²) in [4.78, 5) is 23.7. The fraction of sp³-hybridized carbons (Fsp3) is 0.889. The first-order valence-electron chi connectivity index (χ1n) is 8.75. The highest BCUT2D eigenvalue weighted by molar-refractivity contribution is 5.76. The van der Waals surface area contributed by atoms with Crippen LogP contribution in [0.3, 0.4) is 0 Å². The predicted molar refractivity (Wildman–Crippen MR) is 90.9 cm³/mol. The minimum Gasteiger partial charge on any atom is -0.469 e. The molecule has 0 aromatic carbocycles. The van der Waals surface area contributed by atoms with E-state index in [2.05, 4.69) is 0 Å². The van der Waals surface area contributed by atoms with Crippen LogP contribution in [0.2, 0.25) is 0 Å². The lowest BCUT2D eigenvalue weighted by Crippen LogP contribution is -2.35. The summed E-state index contributed by atoms with van der Waals surface area (Å²) in [7, 11) is 1.34. The van der Waals surface area contributed by atoms with Gasteiger partial charge in [0.05, 0.1) is 37.8 Å². The molecule has 0 saturated carbocycles. The number of ether oxygens (including phenoxy) is 5. The average molecular weight is 360 g/mol. The quantitative estimate of drug-likeness (QED) is 0.437. The first kappa shape index (κ1) is 21.9. The van der Waals surface area contributed by atoms with Crippen molar-refractivity contribution in [3.63, 3.8) is 0 Å². The number of rotatable bonds is 10. The number of carbonyl (C=O) groups is 2. The third-order valence-electron chi connectivity index (χ3n) is 3.98. The van der Waals surface area contributed by atoms with Gasteiger partial charge >= 0.3 is 11.9 Å². The lowest BCUT2D eigenvalue weighted by Gasteiger charge is -2.28. The number of methoxy groups -OCH3 is 1. The predicted octanol–water partition coefficient (Wildman–Crippen LogP) is 2.31. The van der Waals surface area contributed by atoms with Gasteiger partial charge in [-0.1, -0.05) is 0 Å². The molecule has 7 heteroatoms. The van der Waals surface area contributed by atoms with Gasteiger partial charge in [-0.3, -0.25) is 9.59 Å². The normalized spacial score (nSPS) is 18.7. The van der Waals surface area contributed by atoms with Gasteiger partial charge in [0, 0.05) is 6.61 Å². The molecule has 1 unspecified atom stereocenters. The second kappa shape index (κ2) is 10.1. The molecule has 1 aliphatic rings. The molecule has 1 saturated heterocycles. The Balaban J connectivity index is 2.22. The van der Waals surface area contributed by atoms with Crippen LogP contribution in [-0.4, -0.2) is 58.4 Å². The van der Waals surface area contributed by atoms with E-state index in [1.165, 1.54) is 7.11 Å². The van der Waals surface area contributed by atoms with Crippen LogP contribution in [0, 0.1) is 10.8 Å². The molecule has 1 rings (SSSR count). The molecule has 0 aromatic rings. The van der Waals surface area contributed by atoms with Crippen molar-refractivity contribution >= 4 is 11.9 Å². The number of esters is 2.